The Morgan fingerprint density at radius 1 is 0.724 bits per heavy atom. The van der Waals surface area contributed by atoms with Crippen LogP contribution in [0.15, 0.2) is 78.9 Å². The van der Waals surface area contributed by atoms with Gasteiger partial charge in [0.1, 0.15) is 0 Å². The van der Waals surface area contributed by atoms with Crippen LogP contribution in [0.2, 0.25) is 0 Å². The molecule has 29 heavy (non-hydrogen) atoms. The van der Waals surface area contributed by atoms with Gasteiger partial charge in [0.2, 0.25) is 0 Å². The molecular formula is C27H22O2. The Morgan fingerprint density at radius 2 is 1.38 bits per heavy atom. The number of hydrogen-bond donors (Lipinski definition) is 0. The summed E-state index contributed by atoms with van der Waals surface area (Å²) in [5.74, 6) is -0.249. The number of carbonyl (C=O) groups excluding carboxylic acids is 1. The van der Waals surface area contributed by atoms with Crippen molar-refractivity contribution in [3.63, 3.8) is 0 Å². The van der Waals surface area contributed by atoms with Gasteiger partial charge in [-0.1, -0.05) is 80.1 Å². The first-order chi connectivity index (χ1) is 14.3. The first kappa shape index (κ1) is 17.7. The summed E-state index contributed by atoms with van der Waals surface area (Å²) >= 11 is 0. The molecule has 0 N–H and O–H groups in total. The quantitative estimate of drug-likeness (QED) is 0.241. The van der Waals surface area contributed by atoms with Crippen LogP contribution in [-0.2, 0) is 4.74 Å². The van der Waals surface area contributed by atoms with Crippen LogP contribution in [0.5, 0.6) is 0 Å². The van der Waals surface area contributed by atoms with Crippen LogP contribution in [0, 0.1) is 0 Å². The summed E-state index contributed by atoms with van der Waals surface area (Å²) in [6, 6.07) is 27.3. The minimum absolute atomic E-state index is 0.249. The van der Waals surface area contributed by atoms with Crippen LogP contribution in [-0.4, -0.2) is 12.6 Å². The molecule has 0 aromatic heterocycles. The molecule has 4 aromatic carbocycles. The number of unbranched alkanes of at least 4 members (excludes halogenated alkanes) is 1. The molecule has 0 saturated heterocycles. The molecular weight excluding hydrogens is 356 g/mol. The van der Waals surface area contributed by atoms with E-state index in [-0.39, 0.29) is 5.97 Å². The highest BCUT2D eigenvalue weighted by Gasteiger charge is 2.22. The van der Waals surface area contributed by atoms with Gasteiger partial charge in [-0.05, 0) is 62.7 Å². The van der Waals surface area contributed by atoms with Crippen LogP contribution in [0.1, 0.15) is 30.1 Å². The van der Waals surface area contributed by atoms with Crippen molar-refractivity contribution < 1.29 is 9.53 Å². The fourth-order valence-electron chi connectivity index (χ4n) is 4.24. The Kier molecular flexibility index (Phi) is 4.40. The molecule has 0 atom stereocenters. The number of rotatable bonds is 5. The van der Waals surface area contributed by atoms with Crippen LogP contribution >= 0.6 is 0 Å². The van der Waals surface area contributed by atoms with Gasteiger partial charge in [0.15, 0.2) is 0 Å². The van der Waals surface area contributed by atoms with Crippen molar-refractivity contribution in [1.29, 1.82) is 0 Å². The molecule has 2 heteroatoms. The molecule has 0 spiro atoms. The van der Waals surface area contributed by atoms with Crippen LogP contribution in [0.4, 0.5) is 0 Å². The third-order valence-electron chi connectivity index (χ3n) is 5.71. The normalized spacial score (nSPS) is 11.5. The molecule has 0 aliphatic heterocycles. The largest absolute Gasteiger partial charge is 0.462 e. The van der Waals surface area contributed by atoms with Gasteiger partial charge in [-0.2, -0.15) is 0 Å². The molecule has 1 aliphatic carbocycles. The van der Waals surface area contributed by atoms with Crippen molar-refractivity contribution in [1.82, 2.24) is 0 Å². The third kappa shape index (κ3) is 2.92. The van der Waals surface area contributed by atoms with Crippen molar-refractivity contribution in [2.45, 2.75) is 19.8 Å². The van der Waals surface area contributed by atoms with E-state index in [0.717, 1.165) is 18.4 Å². The zero-order valence-electron chi connectivity index (χ0n) is 16.4. The van der Waals surface area contributed by atoms with Crippen molar-refractivity contribution in [3.8, 4) is 33.4 Å². The fraction of sp³-hybridized carbons (Fsp3) is 0.148. The Bertz CT molecular complexity index is 1190. The number of carbonyl (C=O) groups is 1. The standard InChI is InChI=1S/C27H22O2/c1-2-3-17-29-27(28)19-13-11-18(12-14-19)20-15-16-25-22-8-5-4-7-21(22)24-10-6-9-23(20)26(24)25/h4-16H,2-3,17H2,1H3. The van der Waals surface area contributed by atoms with E-state index in [1.807, 2.05) is 24.3 Å². The molecule has 4 aromatic rings. The van der Waals surface area contributed by atoms with Crippen LogP contribution in [0.25, 0.3) is 44.2 Å². The Morgan fingerprint density at radius 3 is 2.10 bits per heavy atom. The van der Waals surface area contributed by atoms with Crippen molar-refractivity contribution >= 4 is 16.7 Å². The van der Waals surface area contributed by atoms with E-state index < -0.39 is 0 Å². The van der Waals surface area contributed by atoms with Gasteiger partial charge in [0, 0.05) is 0 Å². The summed E-state index contributed by atoms with van der Waals surface area (Å²) in [4.78, 5) is 12.2. The first-order valence-electron chi connectivity index (χ1n) is 10.2. The lowest BCUT2D eigenvalue weighted by Crippen LogP contribution is -2.06. The minimum atomic E-state index is -0.249. The molecule has 5 rings (SSSR count). The lowest BCUT2D eigenvalue weighted by molar-refractivity contribution is 0.0500. The summed E-state index contributed by atoms with van der Waals surface area (Å²) in [6.07, 6.45) is 1.91. The SMILES string of the molecule is CCCCOC(=O)c1ccc(-c2ccc3c4c(cccc24)-c2ccccc2-3)cc1. The maximum atomic E-state index is 12.2. The zero-order chi connectivity index (χ0) is 19.8. The summed E-state index contributed by atoms with van der Waals surface area (Å²) in [7, 11) is 0. The van der Waals surface area contributed by atoms with Gasteiger partial charge >= 0.3 is 5.97 Å². The van der Waals surface area contributed by atoms with E-state index in [4.69, 9.17) is 4.74 Å². The molecule has 0 saturated carbocycles. The lowest BCUT2D eigenvalue weighted by Gasteiger charge is -2.10. The van der Waals surface area contributed by atoms with Crippen LogP contribution in [0.3, 0.4) is 0 Å². The molecule has 1 aliphatic rings. The lowest BCUT2D eigenvalue weighted by atomic mass is 9.94. The number of benzene rings is 4. The van der Waals surface area contributed by atoms with Crippen LogP contribution < -0.4 is 0 Å². The average Bonchev–Trinajstić information content (AvgIpc) is 3.10. The second-order valence-corrected chi connectivity index (χ2v) is 7.50. The average molecular weight is 378 g/mol. The fourth-order valence-corrected chi connectivity index (χ4v) is 4.24. The topological polar surface area (TPSA) is 26.3 Å². The van der Waals surface area contributed by atoms with Gasteiger partial charge in [-0.25, -0.2) is 4.79 Å². The number of ether oxygens (including phenoxy) is 1. The van der Waals surface area contributed by atoms with Gasteiger partial charge in [-0.3, -0.25) is 0 Å². The van der Waals surface area contributed by atoms with Gasteiger partial charge in [0.25, 0.3) is 0 Å². The summed E-state index contributed by atoms with van der Waals surface area (Å²) < 4.78 is 5.32. The van der Waals surface area contributed by atoms with Gasteiger partial charge in [-0.15, -0.1) is 0 Å². The Labute approximate surface area is 170 Å². The van der Waals surface area contributed by atoms with E-state index in [0.29, 0.717) is 12.2 Å². The summed E-state index contributed by atoms with van der Waals surface area (Å²) in [5.41, 5.74) is 8.09. The van der Waals surface area contributed by atoms with E-state index in [2.05, 4.69) is 61.5 Å². The second kappa shape index (κ2) is 7.21. The molecule has 0 fully saturated rings. The third-order valence-corrected chi connectivity index (χ3v) is 5.71. The predicted molar refractivity (Wildman–Crippen MR) is 119 cm³/mol. The zero-order valence-corrected chi connectivity index (χ0v) is 16.4. The smallest absolute Gasteiger partial charge is 0.338 e. The minimum Gasteiger partial charge on any atom is -0.462 e. The van der Waals surface area contributed by atoms with Gasteiger partial charge in [0.05, 0.1) is 12.2 Å². The Balaban J connectivity index is 1.54. The number of hydrogen-bond acceptors (Lipinski definition) is 2. The van der Waals surface area contributed by atoms with E-state index >= 15 is 0 Å². The number of fused-ring (bicyclic) bond motifs is 3. The van der Waals surface area contributed by atoms with Crippen molar-refractivity contribution in [2.24, 2.45) is 0 Å². The second-order valence-electron chi connectivity index (χ2n) is 7.50. The molecule has 0 unspecified atom stereocenters. The predicted octanol–water partition coefficient (Wildman–Crippen LogP) is 7.11. The van der Waals surface area contributed by atoms with E-state index in [1.165, 1.54) is 38.6 Å². The highest BCUT2D eigenvalue weighted by atomic mass is 16.5. The molecule has 0 radical (unpaired) electrons. The maximum absolute atomic E-state index is 12.2. The van der Waals surface area contributed by atoms with E-state index in [1.54, 1.807) is 0 Å². The monoisotopic (exact) mass is 378 g/mol. The Hall–Kier alpha value is -3.39. The summed E-state index contributed by atoms with van der Waals surface area (Å²) in [6.45, 7) is 2.56. The number of esters is 1. The van der Waals surface area contributed by atoms with Crippen molar-refractivity contribution in [3.05, 3.63) is 84.4 Å². The maximum Gasteiger partial charge on any atom is 0.338 e. The molecule has 0 bridgehead atoms. The molecule has 142 valence electrons. The first-order valence-corrected chi connectivity index (χ1v) is 10.2. The highest BCUT2D eigenvalue weighted by Crippen LogP contribution is 2.48. The van der Waals surface area contributed by atoms with Gasteiger partial charge < -0.3 is 4.74 Å². The summed E-state index contributed by atoms with van der Waals surface area (Å²) in [5, 5.41) is 2.56. The molecule has 2 nitrogen and oxygen atoms in total. The molecule has 0 heterocycles. The van der Waals surface area contributed by atoms with Crippen molar-refractivity contribution in [2.75, 3.05) is 6.61 Å². The van der Waals surface area contributed by atoms with E-state index in [9.17, 15) is 4.79 Å². The highest BCUT2D eigenvalue weighted by molar-refractivity contribution is 6.18. The molecule has 0 amide bonds.